The van der Waals surface area contributed by atoms with Gasteiger partial charge >= 0.3 is 0 Å². The summed E-state index contributed by atoms with van der Waals surface area (Å²) < 4.78 is 53.1. The van der Waals surface area contributed by atoms with Crippen LogP contribution in [0.1, 0.15) is 24.5 Å². The van der Waals surface area contributed by atoms with E-state index >= 15 is 0 Å². The predicted octanol–water partition coefficient (Wildman–Crippen LogP) is 3.90. The molecule has 0 bridgehead atoms. The summed E-state index contributed by atoms with van der Waals surface area (Å²) in [5, 5.41) is 2.59. The van der Waals surface area contributed by atoms with Gasteiger partial charge in [-0.2, -0.15) is 0 Å². The fourth-order valence-corrected chi connectivity index (χ4v) is 5.76. The van der Waals surface area contributed by atoms with Crippen molar-refractivity contribution in [2.75, 3.05) is 32.1 Å². The van der Waals surface area contributed by atoms with E-state index in [-0.39, 0.29) is 28.8 Å². The number of likely N-dealkylation sites (N-methyl/N-ethyl adjacent to an activating group) is 1. The summed E-state index contributed by atoms with van der Waals surface area (Å²) >= 11 is 0. The maximum atomic E-state index is 14.0. The molecule has 1 N–H and O–H groups in total. The lowest BCUT2D eigenvalue weighted by atomic mass is 10.1. The molecule has 0 aliphatic rings. The van der Waals surface area contributed by atoms with Gasteiger partial charge in [0.05, 0.1) is 24.8 Å². The summed E-state index contributed by atoms with van der Waals surface area (Å²) in [6.45, 7) is 3.13. The number of halogens is 1. The Morgan fingerprint density at radius 3 is 2.23 bits per heavy atom. The molecule has 0 unspecified atom stereocenters. The van der Waals surface area contributed by atoms with Gasteiger partial charge in [-0.3, -0.25) is 13.9 Å². The molecule has 0 aliphatic heterocycles. The molecular formula is C29H34FN3O6S. The van der Waals surface area contributed by atoms with Crippen molar-refractivity contribution >= 4 is 27.5 Å². The van der Waals surface area contributed by atoms with Gasteiger partial charge in [0.15, 0.2) is 11.5 Å². The highest BCUT2D eigenvalue weighted by Crippen LogP contribution is 2.32. The number of methoxy groups -OCH3 is 2. The van der Waals surface area contributed by atoms with Gasteiger partial charge in [0.25, 0.3) is 10.0 Å². The van der Waals surface area contributed by atoms with E-state index in [0.29, 0.717) is 12.2 Å². The van der Waals surface area contributed by atoms with Crippen LogP contribution < -0.4 is 19.1 Å². The Bertz CT molecular complexity index is 1450. The fraction of sp³-hybridized carbons (Fsp3) is 0.310. The van der Waals surface area contributed by atoms with Crippen LogP contribution in [0.4, 0.5) is 10.1 Å². The van der Waals surface area contributed by atoms with Crippen LogP contribution in [0, 0.1) is 12.7 Å². The molecule has 1 atom stereocenters. The van der Waals surface area contributed by atoms with Gasteiger partial charge in [0, 0.05) is 19.7 Å². The SMILES string of the molecule is CC[C@H](C(=O)NC)N(Cc1cccc(C)c1)C(=O)CN(c1ccc(F)cc1)S(=O)(=O)c1ccc(OC)c(OC)c1. The van der Waals surface area contributed by atoms with E-state index in [2.05, 4.69) is 5.32 Å². The highest BCUT2D eigenvalue weighted by molar-refractivity contribution is 7.92. The van der Waals surface area contributed by atoms with E-state index in [9.17, 15) is 22.4 Å². The Hall–Kier alpha value is -4.12. The number of aryl methyl sites for hydroxylation is 1. The van der Waals surface area contributed by atoms with Crippen molar-refractivity contribution in [3.05, 3.63) is 83.7 Å². The number of benzene rings is 3. The first-order valence-electron chi connectivity index (χ1n) is 12.6. The monoisotopic (exact) mass is 571 g/mol. The van der Waals surface area contributed by atoms with Crippen molar-refractivity contribution in [2.24, 2.45) is 0 Å². The van der Waals surface area contributed by atoms with Crippen LogP contribution in [0.5, 0.6) is 11.5 Å². The van der Waals surface area contributed by atoms with E-state index in [1.165, 1.54) is 56.5 Å². The lowest BCUT2D eigenvalue weighted by molar-refractivity contribution is -0.140. The Morgan fingerprint density at radius 2 is 1.65 bits per heavy atom. The molecule has 0 saturated heterocycles. The second-order valence-corrected chi connectivity index (χ2v) is 10.9. The molecule has 0 aromatic heterocycles. The van der Waals surface area contributed by atoms with Crippen molar-refractivity contribution in [1.29, 1.82) is 0 Å². The number of ether oxygens (including phenoxy) is 2. The third kappa shape index (κ3) is 6.90. The third-order valence-corrected chi connectivity index (χ3v) is 8.17. The molecule has 3 aromatic rings. The lowest BCUT2D eigenvalue weighted by Crippen LogP contribution is -2.51. The first-order chi connectivity index (χ1) is 19.0. The van der Waals surface area contributed by atoms with Crippen molar-refractivity contribution in [1.82, 2.24) is 10.2 Å². The first-order valence-corrected chi connectivity index (χ1v) is 14.1. The third-order valence-electron chi connectivity index (χ3n) is 6.40. The Balaban J connectivity index is 2.09. The smallest absolute Gasteiger partial charge is 0.264 e. The van der Waals surface area contributed by atoms with Gasteiger partial charge in [0.2, 0.25) is 11.8 Å². The highest BCUT2D eigenvalue weighted by Gasteiger charge is 2.34. The zero-order valence-electron chi connectivity index (χ0n) is 23.2. The van der Waals surface area contributed by atoms with E-state index in [0.717, 1.165) is 27.6 Å². The van der Waals surface area contributed by atoms with Gasteiger partial charge in [-0.25, -0.2) is 12.8 Å². The lowest BCUT2D eigenvalue weighted by Gasteiger charge is -2.33. The molecule has 3 rings (SSSR count). The largest absolute Gasteiger partial charge is 0.493 e. The number of amides is 2. The second-order valence-electron chi connectivity index (χ2n) is 9.05. The Morgan fingerprint density at radius 1 is 0.975 bits per heavy atom. The van der Waals surface area contributed by atoms with Gasteiger partial charge < -0.3 is 19.7 Å². The van der Waals surface area contributed by atoms with Crippen LogP contribution in [0.2, 0.25) is 0 Å². The standard InChI is InChI=1S/C29H34FN3O6S/c1-6-25(29(35)31-3)32(18-21-9-7-8-20(2)16-21)28(34)19-33(23-12-10-22(30)11-13-23)40(36,37)24-14-15-26(38-4)27(17-24)39-5/h7-17,25H,6,18-19H2,1-5H3,(H,31,35)/t25-/m1/s1. The number of anilines is 1. The zero-order chi connectivity index (χ0) is 29.4. The Kier molecular flexibility index (Phi) is 10.1. The molecule has 0 radical (unpaired) electrons. The molecule has 0 aliphatic carbocycles. The molecule has 0 heterocycles. The normalized spacial score (nSPS) is 11.8. The average Bonchev–Trinajstić information content (AvgIpc) is 2.95. The van der Waals surface area contributed by atoms with E-state index in [4.69, 9.17) is 9.47 Å². The summed E-state index contributed by atoms with van der Waals surface area (Å²) in [7, 11) is -0.0820. The minimum atomic E-state index is -4.36. The molecule has 214 valence electrons. The summed E-state index contributed by atoms with van der Waals surface area (Å²) in [6, 6.07) is 15.5. The molecule has 0 fully saturated rings. The quantitative estimate of drug-likeness (QED) is 0.354. The van der Waals surface area contributed by atoms with Crippen LogP contribution >= 0.6 is 0 Å². The highest BCUT2D eigenvalue weighted by atomic mass is 32.2. The second kappa shape index (κ2) is 13.3. The number of hydrogen-bond acceptors (Lipinski definition) is 6. The summed E-state index contributed by atoms with van der Waals surface area (Å²) in [5.74, 6) is -1.04. The molecule has 3 aromatic carbocycles. The van der Waals surface area contributed by atoms with E-state index < -0.39 is 34.3 Å². The topological polar surface area (TPSA) is 105 Å². The molecular weight excluding hydrogens is 537 g/mol. The number of rotatable bonds is 12. The van der Waals surface area contributed by atoms with Gasteiger partial charge in [-0.1, -0.05) is 36.8 Å². The summed E-state index contributed by atoms with van der Waals surface area (Å²) in [5.41, 5.74) is 1.83. The van der Waals surface area contributed by atoms with Crippen LogP contribution in [0.25, 0.3) is 0 Å². The molecule has 40 heavy (non-hydrogen) atoms. The molecule has 11 heteroatoms. The van der Waals surface area contributed by atoms with Gasteiger partial charge in [0.1, 0.15) is 18.4 Å². The van der Waals surface area contributed by atoms with Crippen molar-refractivity contribution in [2.45, 2.75) is 37.8 Å². The molecule has 0 saturated carbocycles. The number of nitrogens with zero attached hydrogens (tertiary/aromatic N) is 2. The zero-order valence-corrected chi connectivity index (χ0v) is 24.0. The number of carbonyl (C=O) groups excluding carboxylic acids is 2. The average molecular weight is 572 g/mol. The number of sulfonamides is 1. The first kappa shape index (κ1) is 30.4. The van der Waals surface area contributed by atoms with Crippen molar-refractivity contribution < 1.29 is 31.9 Å². The minimum absolute atomic E-state index is 0.0769. The maximum Gasteiger partial charge on any atom is 0.264 e. The molecule has 9 nitrogen and oxygen atoms in total. The Labute approximate surface area is 234 Å². The van der Waals surface area contributed by atoms with Crippen LogP contribution in [0.3, 0.4) is 0 Å². The number of carbonyl (C=O) groups is 2. The summed E-state index contributed by atoms with van der Waals surface area (Å²) in [4.78, 5) is 27.9. The maximum absolute atomic E-state index is 14.0. The van der Waals surface area contributed by atoms with Crippen LogP contribution in [0.15, 0.2) is 71.6 Å². The van der Waals surface area contributed by atoms with Crippen molar-refractivity contribution in [3.8, 4) is 11.5 Å². The van der Waals surface area contributed by atoms with Crippen LogP contribution in [-0.2, 0) is 26.2 Å². The molecule has 0 spiro atoms. The van der Waals surface area contributed by atoms with E-state index in [1.807, 2.05) is 31.2 Å². The molecule has 2 amide bonds. The number of hydrogen-bond donors (Lipinski definition) is 1. The van der Waals surface area contributed by atoms with Crippen molar-refractivity contribution in [3.63, 3.8) is 0 Å². The van der Waals surface area contributed by atoms with Gasteiger partial charge in [-0.15, -0.1) is 0 Å². The summed E-state index contributed by atoms with van der Waals surface area (Å²) in [6.07, 6.45) is 0.302. The van der Waals surface area contributed by atoms with Gasteiger partial charge in [-0.05, 0) is 55.3 Å². The predicted molar refractivity (Wildman–Crippen MR) is 150 cm³/mol. The van der Waals surface area contributed by atoms with E-state index in [1.54, 1.807) is 6.92 Å². The number of nitrogens with one attached hydrogen (secondary N) is 1. The van der Waals surface area contributed by atoms with Crippen LogP contribution in [-0.4, -0.2) is 59.0 Å². The fourth-order valence-electron chi connectivity index (χ4n) is 4.33. The minimum Gasteiger partial charge on any atom is -0.493 e.